The molecule has 3 aliphatic rings. The lowest BCUT2D eigenvalue weighted by atomic mass is 9.99. The van der Waals surface area contributed by atoms with E-state index in [1.54, 1.807) is 6.33 Å². The van der Waals surface area contributed by atoms with E-state index in [-0.39, 0.29) is 12.2 Å². The van der Waals surface area contributed by atoms with Crippen LogP contribution in [0.2, 0.25) is 0 Å². The standard InChI is InChI=1S/C17H26N4O3/c22-10-14-2-1-4-20(9-14)15-8-16(19-13-18-15)21-5-7-24-17(11-21)3-6-23-12-17/h8,13-14,22H,1-7,9-12H2. The van der Waals surface area contributed by atoms with Gasteiger partial charge in [0.25, 0.3) is 0 Å². The molecule has 24 heavy (non-hydrogen) atoms. The van der Waals surface area contributed by atoms with Crippen LogP contribution in [-0.4, -0.2) is 73.3 Å². The van der Waals surface area contributed by atoms with Crippen LogP contribution in [0.5, 0.6) is 0 Å². The summed E-state index contributed by atoms with van der Waals surface area (Å²) in [5.74, 6) is 2.27. The van der Waals surface area contributed by atoms with Gasteiger partial charge in [0, 0.05) is 45.3 Å². The van der Waals surface area contributed by atoms with Crippen molar-refractivity contribution in [3.8, 4) is 0 Å². The molecule has 1 N–H and O–H groups in total. The first kappa shape index (κ1) is 16.1. The number of aliphatic hydroxyl groups excluding tert-OH is 1. The number of ether oxygens (including phenoxy) is 2. The van der Waals surface area contributed by atoms with Gasteiger partial charge in [-0.3, -0.25) is 0 Å². The first-order valence-corrected chi connectivity index (χ1v) is 8.92. The van der Waals surface area contributed by atoms with Gasteiger partial charge in [-0.05, 0) is 18.8 Å². The SMILES string of the molecule is OCC1CCCN(c2cc(N3CCOC4(CCOC4)C3)ncn2)C1. The van der Waals surface area contributed by atoms with Gasteiger partial charge in [0.2, 0.25) is 0 Å². The van der Waals surface area contributed by atoms with Crippen LogP contribution < -0.4 is 9.80 Å². The summed E-state index contributed by atoms with van der Waals surface area (Å²) in [6.45, 7) is 5.94. The van der Waals surface area contributed by atoms with Crippen LogP contribution in [0, 0.1) is 5.92 Å². The van der Waals surface area contributed by atoms with Crippen molar-refractivity contribution in [1.29, 1.82) is 0 Å². The van der Waals surface area contributed by atoms with E-state index in [1.807, 2.05) is 0 Å². The van der Waals surface area contributed by atoms with E-state index in [1.165, 1.54) is 0 Å². The van der Waals surface area contributed by atoms with E-state index in [4.69, 9.17) is 9.47 Å². The second-order valence-corrected chi connectivity index (χ2v) is 7.13. The predicted octanol–water partition coefficient (Wildman–Crippen LogP) is 0.681. The summed E-state index contributed by atoms with van der Waals surface area (Å²) in [4.78, 5) is 13.5. The monoisotopic (exact) mass is 334 g/mol. The van der Waals surface area contributed by atoms with Crippen molar-refractivity contribution in [1.82, 2.24) is 9.97 Å². The molecule has 7 heteroatoms. The summed E-state index contributed by atoms with van der Waals surface area (Å²) in [7, 11) is 0. The van der Waals surface area contributed by atoms with Gasteiger partial charge < -0.3 is 24.4 Å². The van der Waals surface area contributed by atoms with Gasteiger partial charge in [-0.2, -0.15) is 0 Å². The highest BCUT2D eigenvalue weighted by molar-refractivity contribution is 5.51. The Balaban J connectivity index is 1.50. The molecule has 4 heterocycles. The topological polar surface area (TPSA) is 71.0 Å². The fraction of sp³-hybridized carbons (Fsp3) is 0.765. The lowest BCUT2D eigenvalue weighted by Gasteiger charge is -2.40. The first-order chi connectivity index (χ1) is 11.8. The second kappa shape index (κ2) is 6.82. The third-order valence-electron chi connectivity index (χ3n) is 5.38. The van der Waals surface area contributed by atoms with Crippen LogP contribution in [0.25, 0.3) is 0 Å². The lowest BCUT2D eigenvalue weighted by Crippen LogP contribution is -2.52. The Morgan fingerprint density at radius 1 is 1.21 bits per heavy atom. The molecule has 0 radical (unpaired) electrons. The van der Waals surface area contributed by atoms with Crippen LogP contribution in [0.1, 0.15) is 19.3 Å². The first-order valence-electron chi connectivity index (χ1n) is 8.92. The highest BCUT2D eigenvalue weighted by Gasteiger charge is 2.40. The van der Waals surface area contributed by atoms with Gasteiger partial charge >= 0.3 is 0 Å². The van der Waals surface area contributed by atoms with Gasteiger partial charge in [-0.1, -0.05) is 0 Å². The Labute approximate surface area is 142 Å². The molecule has 0 bridgehead atoms. The van der Waals surface area contributed by atoms with Crippen LogP contribution in [0.4, 0.5) is 11.6 Å². The Morgan fingerprint density at radius 3 is 2.88 bits per heavy atom. The summed E-state index contributed by atoms with van der Waals surface area (Å²) >= 11 is 0. The number of rotatable bonds is 3. The maximum atomic E-state index is 9.44. The minimum absolute atomic E-state index is 0.170. The van der Waals surface area contributed by atoms with Crippen molar-refractivity contribution >= 4 is 11.6 Å². The number of piperidine rings is 1. The molecule has 0 aliphatic carbocycles. The van der Waals surface area contributed by atoms with E-state index in [0.717, 1.165) is 63.7 Å². The molecular formula is C17H26N4O3. The smallest absolute Gasteiger partial charge is 0.134 e. The lowest BCUT2D eigenvalue weighted by molar-refractivity contribution is -0.0581. The molecule has 0 saturated carbocycles. The van der Waals surface area contributed by atoms with Crippen molar-refractivity contribution in [2.75, 3.05) is 62.4 Å². The average molecular weight is 334 g/mol. The molecule has 0 aromatic carbocycles. The summed E-state index contributed by atoms with van der Waals surface area (Å²) in [5.41, 5.74) is -0.170. The Hall–Kier alpha value is -1.44. The van der Waals surface area contributed by atoms with E-state index < -0.39 is 0 Å². The third kappa shape index (κ3) is 3.20. The molecule has 7 nitrogen and oxygen atoms in total. The molecule has 3 aliphatic heterocycles. The molecule has 4 rings (SSSR count). The van der Waals surface area contributed by atoms with Gasteiger partial charge in [-0.15, -0.1) is 0 Å². The molecule has 2 unspecified atom stereocenters. The molecule has 2 atom stereocenters. The minimum atomic E-state index is -0.170. The van der Waals surface area contributed by atoms with E-state index >= 15 is 0 Å². The molecule has 1 aromatic rings. The molecule has 1 spiro atoms. The van der Waals surface area contributed by atoms with Crippen LogP contribution >= 0.6 is 0 Å². The van der Waals surface area contributed by atoms with Crippen molar-refractivity contribution in [3.63, 3.8) is 0 Å². The second-order valence-electron chi connectivity index (χ2n) is 7.13. The number of hydrogen-bond donors (Lipinski definition) is 1. The van der Waals surface area contributed by atoms with Crippen LogP contribution in [0.3, 0.4) is 0 Å². The molecular weight excluding hydrogens is 308 g/mol. The average Bonchev–Trinajstić information content (AvgIpc) is 3.09. The Kier molecular flexibility index (Phi) is 4.56. The van der Waals surface area contributed by atoms with Crippen LogP contribution in [0.15, 0.2) is 12.4 Å². The molecule has 1 aromatic heterocycles. The van der Waals surface area contributed by atoms with Crippen molar-refractivity contribution in [2.45, 2.75) is 24.9 Å². The summed E-state index contributed by atoms with van der Waals surface area (Å²) in [6.07, 6.45) is 4.80. The maximum Gasteiger partial charge on any atom is 0.134 e. The number of hydrogen-bond acceptors (Lipinski definition) is 7. The van der Waals surface area contributed by atoms with E-state index in [2.05, 4.69) is 25.8 Å². The quantitative estimate of drug-likeness (QED) is 0.871. The molecule has 3 fully saturated rings. The number of nitrogens with zero attached hydrogens (tertiary/aromatic N) is 4. The highest BCUT2D eigenvalue weighted by Crippen LogP contribution is 2.30. The Bertz CT molecular complexity index is 565. The van der Waals surface area contributed by atoms with Gasteiger partial charge in [0.05, 0.1) is 19.8 Å². The van der Waals surface area contributed by atoms with E-state index in [0.29, 0.717) is 19.1 Å². The zero-order chi connectivity index (χ0) is 16.4. The van der Waals surface area contributed by atoms with Crippen molar-refractivity contribution in [3.05, 3.63) is 12.4 Å². The van der Waals surface area contributed by atoms with Crippen molar-refractivity contribution in [2.24, 2.45) is 5.92 Å². The van der Waals surface area contributed by atoms with Gasteiger partial charge in [0.1, 0.15) is 23.6 Å². The third-order valence-corrected chi connectivity index (χ3v) is 5.38. The molecule has 0 amide bonds. The van der Waals surface area contributed by atoms with Crippen LogP contribution in [-0.2, 0) is 9.47 Å². The molecule has 132 valence electrons. The highest BCUT2D eigenvalue weighted by atomic mass is 16.6. The largest absolute Gasteiger partial charge is 0.396 e. The molecule has 3 saturated heterocycles. The fourth-order valence-electron chi connectivity index (χ4n) is 3.97. The summed E-state index contributed by atoms with van der Waals surface area (Å²) < 4.78 is 11.6. The minimum Gasteiger partial charge on any atom is -0.396 e. The fourth-order valence-corrected chi connectivity index (χ4v) is 3.97. The normalized spacial score (nSPS) is 31.0. The van der Waals surface area contributed by atoms with Crippen molar-refractivity contribution < 1.29 is 14.6 Å². The zero-order valence-electron chi connectivity index (χ0n) is 14.1. The summed E-state index contributed by atoms with van der Waals surface area (Å²) in [5, 5.41) is 9.44. The number of aromatic nitrogens is 2. The number of morpholine rings is 1. The number of anilines is 2. The number of aliphatic hydroxyl groups is 1. The Morgan fingerprint density at radius 2 is 2.08 bits per heavy atom. The zero-order valence-corrected chi connectivity index (χ0v) is 14.1. The van der Waals surface area contributed by atoms with E-state index in [9.17, 15) is 5.11 Å². The summed E-state index contributed by atoms with van der Waals surface area (Å²) in [6, 6.07) is 2.08. The predicted molar refractivity (Wildman–Crippen MR) is 90.4 cm³/mol. The van der Waals surface area contributed by atoms with Gasteiger partial charge in [0.15, 0.2) is 0 Å². The van der Waals surface area contributed by atoms with Gasteiger partial charge in [-0.25, -0.2) is 9.97 Å². The maximum absolute atomic E-state index is 9.44.